The van der Waals surface area contributed by atoms with Gasteiger partial charge in [-0.15, -0.1) is 10.2 Å². The van der Waals surface area contributed by atoms with Gasteiger partial charge in [-0.05, 0) is 42.0 Å². The molecule has 0 amide bonds. The van der Waals surface area contributed by atoms with Gasteiger partial charge in [-0.2, -0.15) is 9.61 Å². The summed E-state index contributed by atoms with van der Waals surface area (Å²) in [5, 5.41) is 13.6. The molecule has 0 aliphatic rings. The van der Waals surface area contributed by atoms with Gasteiger partial charge in [-0.3, -0.25) is 4.79 Å². The van der Waals surface area contributed by atoms with Crippen LogP contribution in [0.3, 0.4) is 0 Å². The van der Waals surface area contributed by atoms with Crippen LogP contribution in [0.5, 0.6) is 0 Å². The number of rotatable bonds is 3. The topological polar surface area (TPSA) is 60.2 Å². The lowest BCUT2D eigenvalue weighted by atomic mass is 10.1. The molecule has 4 aromatic rings. The van der Waals surface area contributed by atoms with Crippen LogP contribution in [0.15, 0.2) is 53.3 Å². The fourth-order valence-electron chi connectivity index (χ4n) is 2.36. The summed E-state index contributed by atoms with van der Waals surface area (Å²) in [4.78, 5) is 13.0. The molecule has 0 aliphatic carbocycles. The SMILES string of the molecule is O=c1c(Cc2ccc(Cl)cc2)nnc2sc(-c3ccc(F)cc3)nn12. The highest BCUT2D eigenvalue weighted by Gasteiger charge is 2.13. The van der Waals surface area contributed by atoms with Crippen molar-refractivity contribution in [2.75, 3.05) is 0 Å². The summed E-state index contributed by atoms with van der Waals surface area (Å²) < 4.78 is 14.3. The first-order valence-corrected chi connectivity index (χ1v) is 8.55. The van der Waals surface area contributed by atoms with Crippen LogP contribution in [0, 0.1) is 5.82 Å². The van der Waals surface area contributed by atoms with E-state index in [2.05, 4.69) is 15.3 Å². The fraction of sp³-hybridized carbons (Fsp3) is 0.0588. The van der Waals surface area contributed by atoms with Crippen molar-refractivity contribution >= 4 is 27.9 Å². The van der Waals surface area contributed by atoms with Gasteiger partial charge in [0.05, 0.1) is 0 Å². The van der Waals surface area contributed by atoms with E-state index in [4.69, 9.17) is 11.6 Å². The van der Waals surface area contributed by atoms with E-state index in [-0.39, 0.29) is 11.4 Å². The summed E-state index contributed by atoms with van der Waals surface area (Å²) in [7, 11) is 0. The van der Waals surface area contributed by atoms with Gasteiger partial charge in [0.15, 0.2) is 0 Å². The third-order valence-electron chi connectivity index (χ3n) is 3.63. The summed E-state index contributed by atoms with van der Waals surface area (Å²) in [5.41, 5.74) is 1.61. The van der Waals surface area contributed by atoms with Crippen LogP contribution in [-0.4, -0.2) is 19.8 Å². The largest absolute Gasteiger partial charge is 0.297 e. The molecule has 0 unspecified atom stereocenters. The van der Waals surface area contributed by atoms with Gasteiger partial charge in [0.25, 0.3) is 5.56 Å². The Morgan fingerprint density at radius 2 is 1.76 bits per heavy atom. The van der Waals surface area contributed by atoms with Gasteiger partial charge in [0, 0.05) is 17.0 Å². The molecule has 124 valence electrons. The number of aromatic nitrogens is 4. The number of benzene rings is 2. The molecule has 0 aliphatic heterocycles. The second-order valence-corrected chi connectivity index (χ2v) is 6.76. The van der Waals surface area contributed by atoms with E-state index in [1.165, 1.54) is 28.0 Å². The zero-order valence-electron chi connectivity index (χ0n) is 12.7. The highest BCUT2D eigenvalue weighted by Crippen LogP contribution is 2.24. The Morgan fingerprint density at radius 1 is 1.04 bits per heavy atom. The average molecular weight is 373 g/mol. The smallest absolute Gasteiger partial charge is 0.265 e. The van der Waals surface area contributed by atoms with E-state index in [0.29, 0.717) is 27.1 Å². The van der Waals surface area contributed by atoms with Crippen LogP contribution < -0.4 is 5.56 Å². The van der Waals surface area contributed by atoms with Crippen LogP contribution in [0.25, 0.3) is 15.5 Å². The Labute approximate surface area is 150 Å². The van der Waals surface area contributed by atoms with Crippen LogP contribution >= 0.6 is 22.9 Å². The van der Waals surface area contributed by atoms with E-state index in [9.17, 15) is 9.18 Å². The molecule has 0 radical (unpaired) electrons. The summed E-state index contributed by atoms with van der Waals surface area (Å²) in [6, 6.07) is 13.1. The predicted octanol–water partition coefficient (Wildman–Crippen LogP) is 3.60. The van der Waals surface area contributed by atoms with Crippen molar-refractivity contribution in [3.63, 3.8) is 0 Å². The van der Waals surface area contributed by atoms with Crippen LogP contribution in [0.4, 0.5) is 4.39 Å². The van der Waals surface area contributed by atoms with E-state index in [0.717, 1.165) is 11.1 Å². The monoisotopic (exact) mass is 372 g/mol. The molecule has 2 heterocycles. The Hall–Kier alpha value is -2.64. The Morgan fingerprint density at radius 3 is 2.48 bits per heavy atom. The molecule has 2 aromatic heterocycles. The molecule has 0 saturated heterocycles. The zero-order valence-corrected chi connectivity index (χ0v) is 14.3. The first-order valence-electron chi connectivity index (χ1n) is 7.36. The molecule has 2 aromatic carbocycles. The summed E-state index contributed by atoms with van der Waals surface area (Å²) in [6.07, 6.45) is 0.343. The summed E-state index contributed by atoms with van der Waals surface area (Å²) in [5.74, 6) is -0.327. The summed E-state index contributed by atoms with van der Waals surface area (Å²) >= 11 is 7.09. The van der Waals surface area contributed by atoms with Gasteiger partial charge < -0.3 is 0 Å². The Kier molecular flexibility index (Phi) is 4.03. The standard InChI is InChI=1S/C17H10ClFN4OS/c18-12-5-1-10(2-6-12)9-14-16(24)23-17(21-20-14)25-15(22-23)11-3-7-13(19)8-4-11/h1-8H,9H2. The van der Waals surface area contributed by atoms with E-state index in [1.54, 1.807) is 24.3 Å². The summed E-state index contributed by atoms with van der Waals surface area (Å²) in [6.45, 7) is 0. The fourth-order valence-corrected chi connectivity index (χ4v) is 3.33. The zero-order chi connectivity index (χ0) is 17.4. The minimum atomic E-state index is -0.327. The minimum Gasteiger partial charge on any atom is -0.265 e. The highest BCUT2D eigenvalue weighted by molar-refractivity contribution is 7.19. The van der Waals surface area contributed by atoms with Crippen molar-refractivity contribution in [1.82, 2.24) is 19.8 Å². The lowest BCUT2D eigenvalue weighted by molar-refractivity contribution is 0.628. The maximum Gasteiger partial charge on any atom is 0.297 e. The van der Waals surface area contributed by atoms with E-state index in [1.807, 2.05) is 12.1 Å². The molecule has 5 nitrogen and oxygen atoms in total. The van der Waals surface area contributed by atoms with Crippen molar-refractivity contribution in [3.8, 4) is 10.6 Å². The number of hydrogen-bond donors (Lipinski definition) is 0. The Bertz CT molecular complexity index is 1110. The number of halogens is 2. The normalized spacial score (nSPS) is 11.1. The average Bonchev–Trinajstić information content (AvgIpc) is 3.05. The van der Waals surface area contributed by atoms with E-state index < -0.39 is 0 Å². The van der Waals surface area contributed by atoms with Crippen LogP contribution in [0.1, 0.15) is 11.3 Å². The van der Waals surface area contributed by atoms with Gasteiger partial charge in [0.2, 0.25) is 4.96 Å². The number of nitrogens with zero attached hydrogens (tertiary/aromatic N) is 4. The molecular weight excluding hydrogens is 363 g/mol. The molecule has 4 rings (SSSR count). The molecule has 0 bridgehead atoms. The predicted molar refractivity (Wildman–Crippen MR) is 94.6 cm³/mol. The molecule has 0 saturated carbocycles. The molecule has 0 fully saturated rings. The molecular formula is C17H10ClFN4OS. The lowest BCUT2D eigenvalue weighted by Crippen LogP contribution is -2.22. The van der Waals surface area contributed by atoms with Crippen LogP contribution in [0.2, 0.25) is 5.02 Å². The maximum atomic E-state index is 13.1. The van der Waals surface area contributed by atoms with Crippen LogP contribution in [-0.2, 0) is 6.42 Å². The van der Waals surface area contributed by atoms with Gasteiger partial charge >= 0.3 is 0 Å². The quantitative estimate of drug-likeness (QED) is 0.551. The van der Waals surface area contributed by atoms with Crippen molar-refractivity contribution in [2.24, 2.45) is 0 Å². The first kappa shape index (κ1) is 15.9. The third kappa shape index (κ3) is 3.16. The second kappa shape index (κ2) is 6.34. The number of hydrogen-bond acceptors (Lipinski definition) is 5. The second-order valence-electron chi connectivity index (χ2n) is 5.36. The molecule has 25 heavy (non-hydrogen) atoms. The molecule has 0 spiro atoms. The third-order valence-corrected chi connectivity index (χ3v) is 4.83. The molecule has 0 atom stereocenters. The van der Waals surface area contributed by atoms with Gasteiger partial charge in [-0.25, -0.2) is 4.39 Å². The van der Waals surface area contributed by atoms with Crippen molar-refractivity contribution in [1.29, 1.82) is 0 Å². The van der Waals surface area contributed by atoms with Crippen molar-refractivity contribution in [3.05, 3.63) is 81.0 Å². The number of fused-ring (bicyclic) bond motifs is 1. The highest BCUT2D eigenvalue weighted by atomic mass is 35.5. The van der Waals surface area contributed by atoms with Crippen molar-refractivity contribution < 1.29 is 4.39 Å². The first-order chi connectivity index (χ1) is 12.1. The maximum absolute atomic E-state index is 13.1. The van der Waals surface area contributed by atoms with Gasteiger partial charge in [-0.1, -0.05) is 35.1 Å². The van der Waals surface area contributed by atoms with Gasteiger partial charge in [0.1, 0.15) is 16.5 Å². The lowest BCUT2D eigenvalue weighted by Gasteiger charge is -2.00. The van der Waals surface area contributed by atoms with Crippen molar-refractivity contribution in [2.45, 2.75) is 6.42 Å². The Balaban J connectivity index is 1.73. The van der Waals surface area contributed by atoms with E-state index >= 15 is 0 Å². The molecule has 8 heteroatoms. The molecule has 0 N–H and O–H groups in total. The minimum absolute atomic E-state index is 0.302.